The fourth-order valence-electron chi connectivity index (χ4n) is 2.58. The van der Waals surface area contributed by atoms with Crippen LogP contribution in [0.2, 0.25) is 0 Å². The zero-order valence-corrected chi connectivity index (χ0v) is 12.3. The van der Waals surface area contributed by atoms with E-state index < -0.39 is 0 Å². The number of hydrogen-bond acceptors (Lipinski definition) is 3. The van der Waals surface area contributed by atoms with E-state index in [9.17, 15) is 0 Å². The third-order valence-electron chi connectivity index (χ3n) is 3.57. The van der Waals surface area contributed by atoms with Gasteiger partial charge in [-0.3, -0.25) is 0 Å². The van der Waals surface area contributed by atoms with Gasteiger partial charge in [-0.1, -0.05) is 13.3 Å². The number of ether oxygens (including phenoxy) is 1. The normalized spacial score (nSPS) is 23.1. The van der Waals surface area contributed by atoms with Crippen LogP contribution in [-0.4, -0.2) is 23.5 Å². The molecule has 0 bridgehead atoms. The predicted octanol–water partition coefficient (Wildman–Crippen LogP) is 4.08. The number of pyridine rings is 1. The number of aromatic nitrogens is 1. The Morgan fingerprint density at radius 2 is 2.37 bits per heavy atom. The molecule has 0 aliphatic heterocycles. The molecule has 0 amide bonds. The number of hydrogen-bond donors (Lipinski definition) is 1. The van der Waals surface area contributed by atoms with Gasteiger partial charge in [0, 0.05) is 18.1 Å². The van der Waals surface area contributed by atoms with Gasteiger partial charge in [0.05, 0.1) is 6.61 Å². The predicted molar refractivity (Wildman–Crippen MR) is 80.1 cm³/mol. The number of anilines is 1. The Morgan fingerprint density at radius 3 is 3.16 bits per heavy atom. The van der Waals surface area contributed by atoms with Crippen molar-refractivity contribution in [2.45, 2.75) is 45.1 Å². The molecule has 2 atom stereocenters. The molecular weight excluding hydrogens is 260 g/mol. The van der Waals surface area contributed by atoms with Crippen molar-refractivity contribution < 1.29 is 4.74 Å². The highest BCUT2D eigenvalue weighted by atomic mass is 35.5. The summed E-state index contributed by atoms with van der Waals surface area (Å²) in [6.07, 6.45) is 7.63. The van der Waals surface area contributed by atoms with Gasteiger partial charge >= 0.3 is 0 Å². The van der Waals surface area contributed by atoms with E-state index in [1.165, 1.54) is 19.3 Å². The van der Waals surface area contributed by atoms with E-state index >= 15 is 0 Å². The molecule has 0 saturated heterocycles. The van der Waals surface area contributed by atoms with Crippen LogP contribution in [0.4, 0.5) is 5.82 Å². The van der Waals surface area contributed by atoms with Crippen LogP contribution < -0.4 is 10.1 Å². The second-order valence-electron chi connectivity index (χ2n) is 5.23. The fourth-order valence-corrected chi connectivity index (χ4v) is 2.86. The zero-order valence-electron chi connectivity index (χ0n) is 11.6. The summed E-state index contributed by atoms with van der Waals surface area (Å²) in [5.41, 5.74) is 0. The molecule has 2 rings (SSSR count). The van der Waals surface area contributed by atoms with Crippen molar-refractivity contribution in [3.05, 3.63) is 18.3 Å². The van der Waals surface area contributed by atoms with Crippen molar-refractivity contribution in [3.8, 4) is 5.75 Å². The SMILES string of the molecule is CCCOc1cccnc1NC1CCCC(CCl)C1. The maximum Gasteiger partial charge on any atom is 0.168 e. The lowest BCUT2D eigenvalue weighted by Gasteiger charge is -2.29. The lowest BCUT2D eigenvalue weighted by molar-refractivity contribution is 0.315. The number of nitrogens with one attached hydrogen (secondary N) is 1. The van der Waals surface area contributed by atoms with Gasteiger partial charge in [0.1, 0.15) is 0 Å². The molecule has 1 aliphatic carbocycles. The minimum Gasteiger partial charge on any atom is -0.490 e. The van der Waals surface area contributed by atoms with Gasteiger partial charge in [0.25, 0.3) is 0 Å². The number of nitrogens with zero attached hydrogens (tertiary/aromatic N) is 1. The Hall–Kier alpha value is -0.960. The highest BCUT2D eigenvalue weighted by Gasteiger charge is 2.22. The molecule has 4 heteroatoms. The van der Waals surface area contributed by atoms with Gasteiger partial charge in [-0.25, -0.2) is 4.98 Å². The van der Waals surface area contributed by atoms with E-state index in [2.05, 4.69) is 17.2 Å². The van der Waals surface area contributed by atoms with Gasteiger partial charge in [0.15, 0.2) is 11.6 Å². The Morgan fingerprint density at radius 1 is 1.47 bits per heavy atom. The Labute approximate surface area is 120 Å². The summed E-state index contributed by atoms with van der Waals surface area (Å²) in [6, 6.07) is 4.36. The summed E-state index contributed by atoms with van der Waals surface area (Å²) in [5, 5.41) is 3.53. The van der Waals surface area contributed by atoms with E-state index in [1.54, 1.807) is 0 Å². The first-order valence-electron chi connectivity index (χ1n) is 7.23. The van der Waals surface area contributed by atoms with Crippen LogP contribution in [0.25, 0.3) is 0 Å². The van der Waals surface area contributed by atoms with Crippen molar-refractivity contribution in [1.82, 2.24) is 4.98 Å². The first kappa shape index (κ1) is 14.4. The van der Waals surface area contributed by atoms with E-state index in [-0.39, 0.29) is 0 Å². The molecule has 0 spiro atoms. The molecule has 106 valence electrons. The van der Waals surface area contributed by atoms with Crippen LogP contribution >= 0.6 is 11.6 Å². The Kier molecular flexibility index (Phi) is 5.77. The average Bonchev–Trinajstić information content (AvgIpc) is 2.46. The summed E-state index contributed by atoms with van der Waals surface area (Å²) in [6.45, 7) is 2.84. The minimum absolute atomic E-state index is 0.469. The quantitative estimate of drug-likeness (QED) is 0.798. The van der Waals surface area contributed by atoms with Crippen molar-refractivity contribution >= 4 is 17.4 Å². The van der Waals surface area contributed by atoms with Crippen LogP contribution in [0, 0.1) is 5.92 Å². The van der Waals surface area contributed by atoms with Gasteiger partial charge < -0.3 is 10.1 Å². The molecule has 1 fully saturated rings. The van der Waals surface area contributed by atoms with E-state index in [0.29, 0.717) is 12.0 Å². The van der Waals surface area contributed by atoms with Crippen LogP contribution in [0.15, 0.2) is 18.3 Å². The molecule has 2 unspecified atom stereocenters. The van der Waals surface area contributed by atoms with Crippen LogP contribution in [-0.2, 0) is 0 Å². The molecule has 1 heterocycles. The number of alkyl halides is 1. The van der Waals surface area contributed by atoms with E-state index in [0.717, 1.165) is 36.9 Å². The summed E-state index contributed by atoms with van der Waals surface area (Å²) in [5.74, 6) is 3.13. The Bertz CT molecular complexity index is 386. The lowest BCUT2D eigenvalue weighted by atomic mass is 9.87. The van der Waals surface area contributed by atoms with Crippen molar-refractivity contribution in [2.75, 3.05) is 17.8 Å². The molecule has 19 heavy (non-hydrogen) atoms. The fraction of sp³-hybridized carbons (Fsp3) is 0.667. The summed E-state index contributed by atoms with van der Waals surface area (Å²) < 4.78 is 5.73. The highest BCUT2D eigenvalue weighted by Crippen LogP contribution is 2.29. The van der Waals surface area contributed by atoms with Crippen molar-refractivity contribution in [1.29, 1.82) is 0 Å². The van der Waals surface area contributed by atoms with Gasteiger partial charge in [-0.15, -0.1) is 11.6 Å². The highest BCUT2D eigenvalue weighted by molar-refractivity contribution is 6.18. The first-order valence-corrected chi connectivity index (χ1v) is 7.77. The molecule has 1 saturated carbocycles. The molecule has 1 aromatic rings. The number of rotatable bonds is 6. The smallest absolute Gasteiger partial charge is 0.168 e. The monoisotopic (exact) mass is 282 g/mol. The second kappa shape index (κ2) is 7.59. The van der Waals surface area contributed by atoms with Crippen molar-refractivity contribution in [2.24, 2.45) is 5.92 Å². The largest absolute Gasteiger partial charge is 0.490 e. The van der Waals surface area contributed by atoms with Gasteiger partial charge in [-0.05, 0) is 43.7 Å². The second-order valence-corrected chi connectivity index (χ2v) is 5.54. The average molecular weight is 283 g/mol. The maximum absolute atomic E-state index is 5.98. The topological polar surface area (TPSA) is 34.1 Å². The zero-order chi connectivity index (χ0) is 13.5. The van der Waals surface area contributed by atoms with Gasteiger partial charge in [0.2, 0.25) is 0 Å². The third-order valence-corrected chi connectivity index (χ3v) is 4.01. The van der Waals surface area contributed by atoms with Gasteiger partial charge in [-0.2, -0.15) is 0 Å². The third kappa shape index (κ3) is 4.27. The molecule has 3 nitrogen and oxygen atoms in total. The molecule has 0 aromatic carbocycles. The van der Waals surface area contributed by atoms with Crippen LogP contribution in [0.3, 0.4) is 0 Å². The minimum atomic E-state index is 0.469. The van der Waals surface area contributed by atoms with Crippen molar-refractivity contribution in [3.63, 3.8) is 0 Å². The standard InChI is InChI=1S/C15H23ClN2O/c1-2-9-19-14-7-4-8-17-15(14)18-13-6-3-5-12(10-13)11-16/h4,7-8,12-13H,2-3,5-6,9-11H2,1H3,(H,17,18). The summed E-state index contributed by atoms with van der Waals surface area (Å²) in [7, 11) is 0. The molecule has 1 N–H and O–H groups in total. The van der Waals surface area contributed by atoms with Crippen LogP contribution in [0.5, 0.6) is 5.75 Å². The maximum atomic E-state index is 5.98. The lowest BCUT2D eigenvalue weighted by Crippen LogP contribution is -2.28. The van der Waals surface area contributed by atoms with Crippen LogP contribution in [0.1, 0.15) is 39.0 Å². The molecule has 1 aromatic heterocycles. The molecule has 1 aliphatic rings. The van der Waals surface area contributed by atoms with E-state index in [4.69, 9.17) is 16.3 Å². The van der Waals surface area contributed by atoms with E-state index in [1.807, 2.05) is 18.3 Å². The summed E-state index contributed by atoms with van der Waals surface area (Å²) in [4.78, 5) is 4.41. The Balaban J connectivity index is 1.97. The molecular formula is C15H23ClN2O. The first-order chi connectivity index (χ1) is 9.33. The number of halogens is 1. The summed E-state index contributed by atoms with van der Waals surface area (Å²) >= 11 is 5.98. The molecule has 0 radical (unpaired) electrons.